The number of rotatable bonds is 6. The quantitative estimate of drug-likeness (QED) is 0.649. The van der Waals surface area contributed by atoms with Gasteiger partial charge in [-0.25, -0.2) is 5.43 Å². The van der Waals surface area contributed by atoms with E-state index in [2.05, 4.69) is 22.7 Å². The number of amides is 1. The van der Waals surface area contributed by atoms with Crippen LogP contribution in [0.4, 0.5) is 0 Å². The normalized spacial score (nSPS) is 19.2. The van der Waals surface area contributed by atoms with Crippen LogP contribution in [0.3, 0.4) is 0 Å². The lowest BCUT2D eigenvalue weighted by atomic mass is 10.1. The SMILES string of the molecule is COc1ccc(/C(C)=N\NC(=O)[C@@H]2C[C@@H]2c2ccccc2)cc1OC. The number of hydrazone groups is 1. The van der Waals surface area contributed by atoms with Crippen LogP contribution in [-0.2, 0) is 4.79 Å². The fraction of sp³-hybridized carbons (Fsp3) is 0.300. The summed E-state index contributed by atoms with van der Waals surface area (Å²) in [4.78, 5) is 12.3. The summed E-state index contributed by atoms with van der Waals surface area (Å²) < 4.78 is 10.5. The Morgan fingerprint density at radius 2 is 1.80 bits per heavy atom. The number of carbonyl (C=O) groups is 1. The summed E-state index contributed by atoms with van der Waals surface area (Å²) in [6.45, 7) is 1.85. The average Bonchev–Trinajstić information content (AvgIpc) is 3.47. The van der Waals surface area contributed by atoms with E-state index in [1.54, 1.807) is 14.2 Å². The third-order valence-corrected chi connectivity index (χ3v) is 4.49. The minimum atomic E-state index is -0.0336. The lowest BCUT2D eigenvalue weighted by Crippen LogP contribution is -2.21. The maximum atomic E-state index is 12.3. The molecule has 2 aromatic carbocycles. The standard InChI is InChI=1S/C20H22N2O3/c1-13(15-9-10-18(24-2)19(11-15)25-3)21-22-20(23)17-12-16(17)14-7-5-4-6-8-14/h4-11,16-17H,12H2,1-3H3,(H,22,23)/b21-13-/t16-,17-/m1/s1. The number of hydrogen-bond donors (Lipinski definition) is 1. The van der Waals surface area contributed by atoms with E-state index in [0.717, 1.165) is 12.0 Å². The van der Waals surface area contributed by atoms with Gasteiger partial charge in [-0.1, -0.05) is 30.3 Å². The van der Waals surface area contributed by atoms with E-state index in [0.29, 0.717) is 23.1 Å². The predicted molar refractivity (Wildman–Crippen MR) is 97.2 cm³/mol. The van der Waals surface area contributed by atoms with Gasteiger partial charge in [-0.05, 0) is 43.0 Å². The van der Waals surface area contributed by atoms with E-state index in [1.807, 2.05) is 43.3 Å². The van der Waals surface area contributed by atoms with Crippen molar-refractivity contribution in [3.05, 3.63) is 59.7 Å². The molecule has 0 aromatic heterocycles. The van der Waals surface area contributed by atoms with E-state index in [-0.39, 0.29) is 11.8 Å². The van der Waals surface area contributed by atoms with Crippen molar-refractivity contribution in [2.75, 3.05) is 14.2 Å². The summed E-state index contributed by atoms with van der Waals surface area (Å²) in [5.41, 5.74) is 5.48. The van der Waals surface area contributed by atoms with E-state index in [1.165, 1.54) is 5.56 Å². The van der Waals surface area contributed by atoms with Crippen LogP contribution in [0.15, 0.2) is 53.6 Å². The molecule has 1 saturated carbocycles. The number of nitrogens with one attached hydrogen (secondary N) is 1. The zero-order valence-electron chi connectivity index (χ0n) is 14.7. The Hall–Kier alpha value is -2.82. The van der Waals surface area contributed by atoms with Crippen LogP contribution in [-0.4, -0.2) is 25.8 Å². The highest BCUT2D eigenvalue weighted by Gasteiger charge is 2.43. The number of methoxy groups -OCH3 is 2. The summed E-state index contributed by atoms with van der Waals surface area (Å²) in [5, 5.41) is 4.24. The third-order valence-electron chi connectivity index (χ3n) is 4.49. The third kappa shape index (κ3) is 3.82. The van der Waals surface area contributed by atoms with Crippen LogP contribution < -0.4 is 14.9 Å². The second kappa shape index (κ2) is 7.38. The van der Waals surface area contributed by atoms with Crippen molar-refractivity contribution in [1.82, 2.24) is 5.43 Å². The van der Waals surface area contributed by atoms with Crippen LogP contribution >= 0.6 is 0 Å². The van der Waals surface area contributed by atoms with Crippen LogP contribution in [0, 0.1) is 5.92 Å². The highest BCUT2D eigenvalue weighted by atomic mass is 16.5. The highest BCUT2D eigenvalue weighted by molar-refractivity contribution is 6.00. The van der Waals surface area contributed by atoms with Gasteiger partial charge in [0.1, 0.15) is 0 Å². The number of ether oxygens (including phenoxy) is 2. The van der Waals surface area contributed by atoms with Gasteiger partial charge in [-0.15, -0.1) is 0 Å². The summed E-state index contributed by atoms with van der Waals surface area (Å²) in [6.07, 6.45) is 0.876. The van der Waals surface area contributed by atoms with Crippen LogP contribution in [0.1, 0.15) is 30.4 Å². The maximum Gasteiger partial charge on any atom is 0.243 e. The Bertz CT molecular complexity index is 787. The molecule has 5 heteroatoms. The van der Waals surface area contributed by atoms with Gasteiger partial charge in [0.25, 0.3) is 0 Å². The molecule has 25 heavy (non-hydrogen) atoms. The molecule has 0 radical (unpaired) electrons. The van der Waals surface area contributed by atoms with Crippen molar-refractivity contribution in [2.45, 2.75) is 19.3 Å². The molecule has 0 aliphatic heterocycles. The van der Waals surface area contributed by atoms with Crippen molar-refractivity contribution in [3.8, 4) is 11.5 Å². The Morgan fingerprint density at radius 1 is 1.08 bits per heavy atom. The summed E-state index contributed by atoms with van der Waals surface area (Å²) in [5.74, 6) is 1.56. The monoisotopic (exact) mass is 338 g/mol. The molecular weight excluding hydrogens is 316 g/mol. The van der Waals surface area contributed by atoms with Crippen molar-refractivity contribution >= 4 is 11.6 Å². The van der Waals surface area contributed by atoms with Gasteiger partial charge in [0.2, 0.25) is 5.91 Å². The molecule has 0 heterocycles. The van der Waals surface area contributed by atoms with Gasteiger partial charge >= 0.3 is 0 Å². The number of benzene rings is 2. The largest absolute Gasteiger partial charge is 0.493 e. The first-order valence-corrected chi connectivity index (χ1v) is 8.25. The average molecular weight is 338 g/mol. The first kappa shape index (κ1) is 17.0. The zero-order valence-corrected chi connectivity index (χ0v) is 14.7. The molecule has 1 fully saturated rings. The lowest BCUT2D eigenvalue weighted by molar-refractivity contribution is -0.122. The van der Waals surface area contributed by atoms with Crippen LogP contribution in [0.25, 0.3) is 0 Å². The molecule has 0 spiro atoms. The summed E-state index contributed by atoms with van der Waals surface area (Å²) in [7, 11) is 3.18. The number of nitrogens with zero attached hydrogens (tertiary/aromatic N) is 1. The Labute approximate surface area is 147 Å². The molecule has 2 atom stereocenters. The van der Waals surface area contributed by atoms with Crippen molar-refractivity contribution in [2.24, 2.45) is 11.0 Å². The van der Waals surface area contributed by atoms with Crippen molar-refractivity contribution in [3.63, 3.8) is 0 Å². The van der Waals surface area contributed by atoms with E-state index < -0.39 is 0 Å². The molecule has 1 aliphatic rings. The number of hydrogen-bond acceptors (Lipinski definition) is 4. The molecular formula is C20H22N2O3. The van der Waals surface area contributed by atoms with Gasteiger partial charge in [-0.2, -0.15) is 5.10 Å². The van der Waals surface area contributed by atoms with E-state index in [4.69, 9.17) is 9.47 Å². The summed E-state index contributed by atoms with van der Waals surface area (Å²) >= 11 is 0. The zero-order chi connectivity index (χ0) is 17.8. The van der Waals surface area contributed by atoms with Crippen LogP contribution in [0.2, 0.25) is 0 Å². The Balaban J connectivity index is 1.63. The molecule has 3 rings (SSSR count). The predicted octanol–water partition coefficient (Wildman–Crippen LogP) is 3.35. The molecule has 0 saturated heterocycles. The Kier molecular flexibility index (Phi) is 5.03. The molecule has 0 bridgehead atoms. The minimum absolute atomic E-state index is 0.00403. The highest BCUT2D eigenvalue weighted by Crippen LogP contribution is 2.47. The maximum absolute atomic E-state index is 12.3. The Morgan fingerprint density at radius 3 is 2.48 bits per heavy atom. The van der Waals surface area contributed by atoms with E-state index in [9.17, 15) is 4.79 Å². The second-order valence-electron chi connectivity index (χ2n) is 6.10. The second-order valence-corrected chi connectivity index (χ2v) is 6.10. The first-order valence-electron chi connectivity index (χ1n) is 8.25. The van der Waals surface area contributed by atoms with Gasteiger partial charge in [0.15, 0.2) is 11.5 Å². The van der Waals surface area contributed by atoms with Gasteiger partial charge < -0.3 is 9.47 Å². The summed E-state index contributed by atoms with van der Waals surface area (Å²) in [6, 6.07) is 15.7. The van der Waals surface area contributed by atoms with Crippen molar-refractivity contribution < 1.29 is 14.3 Å². The molecule has 1 aliphatic carbocycles. The molecule has 130 valence electrons. The van der Waals surface area contributed by atoms with Gasteiger partial charge in [-0.3, -0.25) is 4.79 Å². The molecule has 1 N–H and O–H groups in total. The lowest BCUT2D eigenvalue weighted by Gasteiger charge is -2.09. The smallest absolute Gasteiger partial charge is 0.243 e. The fourth-order valence-electron chi connectivity index (χ4n) is 2.90. The van der Waals surface area contributed by atoms with E-state index >= 15 is 0 Å². The van der Waals surface area contributed by atoms with Crippen LogP contribution in [0.5, 0.6) is 11.5 Å². The minimum Gasteiger partial charge on any atom is -0.493 e. The van der Waals surface area contributed by atoms with Crippen molar-refractivity contribution in [1.29, 1.82) is 0 Å². The molecule has 5 nitrogen and oxygen atoms in total. The first-order chi connectivity index (χ1) is 12.1. The van der Waals surface area contributed by atoms with Gasteiger partial charge in [0.05, 0.1) is 19.9 Å². The molecule has 2 aromatic rings. The number of carbonyl (C=O) groups excluding carboxylic acids is 1. The molecule has 0 unspecified atom stereocenters. The molecule has 1 amide bonds. The topological polar surface area (TPSA) is 59.9 Å². The fourth-order valence-corrected chi connectivity index (χ4v) is 2.90. The van der Waals surface area contributed by atoms with Gasteiger partial charge in [0, 0.05) is 11.5 Å².